The number of aliphatic hydroxyl groups excluding tert-OH is 2. The van der Waals surface area contributed by atoms with Gasteiger partial charge in [0.1, 0.15) is 5.76 Å². The van der Waals surface area contributed by atoms with E-state index in [0.717, 1.165) is 0 Å². The third-order valence-corrected chi connectivity index (χ3v) is 1.17. The van der Waals surface area contributed by atoms with E-state index in [1.54, 1.807) is 13.8 Å². The molecule has 0 aliphatic rings. The first-order valence-corrected chi connectivity index (χ1v) is 2.93. The first kappa shape index (κ1) is 8.88. The predicted molar refractivity (Wildman–Crippen MR) is 38.7 cm³/mol. The maximum absolute atomic E-state index is 8.99. The van der Waals surface area contributed by atoms with E-state index in [-0.39, 0.29) is 11.7 Å². The predicted octanol–water partition coefficient (Wildman–Crippen LogP) is 1.88. The van der Waals surface area contributed by atoms with E-state index in [1.165, 1.54) is 13.2 Å². The molecule has 0 aliphatic heterocycles. The standard InChI is InChI=1S/C7H12O3/c1-4-6(8)5(2)7(9)10-3/h4,8-9H,1-3H3/b6-4+,7-5-. The second-order valence-electron chi connectivity index (χ2n) is 1.81. The maximum Gasteiger partial charge on any atom is 0.283 e. The van der Waals surface area contributed by atoms with Crippen LogP contribution in [0.4, 0.5) is 0 Å². The van der Waals surface area contributed by atoms with E-state index in [1.807, 2.05) is 0 Å². The summed E-state index contributed by atoms with van der Waals surface area (Å²) in [5.74, 6) is -0.227. The quantitative estimate of drug-likeness (QED) is 0.459. The van der Waals surface area contributed by atoms with Crippen molar-refractivity contribution in [1.29, 1.82) is 0 Å². The van der Waals surface area contributed by atoms with Crippen LogP contribution in [0, 0.1) is 0 Å². The van der Waals surface area contributed by atoms with Crippen LogP contribution in [0.3, 0.4) is 0 Å². The molecule has 0 rings (SSSR count). The van der Waals surface area contributed by atoms with Crippen LogP contribution in [0.15, 0.2) is 23.4 Å². The summed E-state index contributed by atoms with van der Waals surface area (Å²) in [5, 5.41) is 17.9. The Hall–Kier alpha value is -1.12. The van der Waals surface area contributed by atoms with Crippen LogP contribution in [-0.4, -0.2) is 17.3 Å². The molecule has 2 N–H and O–H groups in total. The van der Waals surface area contributed by atoms with Gasteiger partial charge in [-0.1, -0.05) is 0 Å². The van der Waals surface area contributed by atoms with Crippen molar-refractivity contribution in [1.82, 2.24) is 0 Å². The van der Waals surface area contributed by atoms with Gasteiger partial charge < -0.3 is 14.9 Å². The summed E-state index contributed by atoms with van der Waals surface area (Å²) in [4.78, 5) is 0. The monoisotopic (exact) mass is 144 g/mol. The van der Waals surface area contributed by atoms with Gasteiger partial charge in [0.25, 0.3) is 5.95 Å². The Morgan fingerprint density at radius 3 is 2.20 bits per heavy atom. The van der Waals surface area contributed by atoms with E-state index < -0.39 is 0 Å². The molecule has 0 heterocycles. The Morgan fingerprint density at radius 2 is 1.90 bits per heavy atom. The van der Waals surface area contributed by atoms with Crippen LogP contribution < -0.4 is 0 Å². The maximum atomic E-state index is 8.99. The molecule has 0 saturated heterocycles. The number of rotatable bonds is 2. The molecule has 0 aliphatic carbocycles. The molecule has 0 bridgehead atoms. The number of aliphatic hydroxyl groups is 2. The molecule has 58 valence electrons. The van der Waals surface area contributed by atoms with Crippen LogP contribution >= 0.6 is 0 Å². The molecule has 0 fully saturated rings. The van der Waals surface area contributed by atoms with E-state index in [0.29, 0.717) is 5.57 Å². The van der Waals surface area contributed by atoms with Crippen LogP contribution in [0.2, 0.25) is 0 Å². The molecule has 0 atom stereocenters. The summed E-state index contributed by atoms with van der Waals surface area (Å²) >= 11 is 0. The number of hydrogen-bond acceptors (Lipinski definition) is 3. The normalized spacial score (nSPS) is 14.5. The minimum Gasteiger partial charge on any atom is -0.508 e. The van der Waals surface area contributed by atoms with Gasteiger partial charge in [0.2, 0.25) is 0 Å². The van der Waals surface area contributed by atoms with E-state index in [2.05, 4.69) is 4.74 Å². The molecule has 3 heteroatoms. The van der Waals surface area contributed by atoms with Gasteiger partial charge in [-0.05, 0) is 19.9 Å². The van der Waals surface area contributed by atoms with Crippen molar-refractivity contribution in [2.75, 3.05) is 7.11 Å². The molecule has 0 aromatic carbocycles. The summed E-state index contributed by atoms with van der Waals surface area (Å²) in [6.07, 6.45) is 1.48. The second kappa shape index (κ2) is 3.82. The van der Waals surface area contributed by atoms with E-state index >= 15 is 0 Å². The summed E-state index contributed by atoms with van der Waals surface area (Å²) in [7, 11) is 1.34. The average molecular weight is 144 g/mol. The van der Waals surface area contributed by atoms with Gasteiger partial charge in [0.05, 0.1) is 12.7 Å². The zero-order chi connectivity index (χ0) is 8.15. The molecule has 0 spiro atoms. The molecule has 0 saturated carbocycles. The lowest BCUT2D eigenvalue weighted by Crippen LogP contribution is -1.92. The number of methoxy groups -OCH3 is 1. The molecule has 0 aromatic rings. The molecule has 0 unspecified atom stereocenters. The fourth-order valence-electron chi connectivity index (χ4n) is 0.479. The number of hydrogen-bond donors (Lipinski definition) is 2. The third-order valence-electron chi connectivity index (χ3n) is 1.17. The zero-order valence-electron chi connectivity index (χ0n) is 6.38. The van der Waals surface area contributed by atoms with E-state index in [9.17, 15) is 0 Å². The summed E-state index contributed by atoms with van der Waals surface area (Å²) in [5.41, 5.74) is 0.338. The number of allylic oxidation sites excluding steroid dienone is 2. The Kier molecular flexibility index (Phi) is 3.39. The summed E-state index contributed by atoms with van der Waals surface area (Å²) in [6.45, 7) is 3.23. The Balaban J connectivity index is 4.46. The Bertz CT molecular complexity index is 168. The average Bonchev–Trinajstić information content (AvgIpc) is 2.00. The van der Waals surface area contributed by atoms with Crippen molar-refractivity contribution in [3.8, 4) is 0 Å². The second-order valence-corrected chi connectivity index (χ2v) is 1.81. The van der Waals surface area contributed by atoms with Crippen LogP contribution in [0.25, 0.3) is 0 Å². The third kappa shape index (κ3) is 2.01. The molecular weight excluding hydrogens is 132 g/mol. The van der Waals surface area contributed by atoms with Crippen molar-refractivity contribution in [3.63, 3.8) is 0 Å². The van der Waals surface area contributed by atoms with Gasteiger partial charge in [-0.2, -0.15) is 0 Å². The molecule has 0 radical (unpaired) electrons. The van der Waals surface area contributed by atoms with E-state index in [4.69, 9.17) is 10.2 Å². The van der Waals surface area contributed by atoms with Crippen LogP contribution in [0.1, 0.15) is 13.8 Å². The minimum absolute atomic E-state index is 0.0272. The zero-order valence-corrected chi connectivity index (χ0v) is 6.38. The van der Waals surface area contributed by atoms with Gasteiger partial charge in [0.15, 0.2) is 0 Å². The highest BCUT2D eigenvalue weighted by atomic mass is 16.6. The highest BCUT2D eigenvalue weighted by Gasteiger charge is 2.02. The highest BCUT2D eigenvalue weighted by molar-refractivity contribution is 5.21. The number of ether oxygens (including phenoxy) is 1. The van der Waals surface area contributed by atoms with Gasteiger partial charge in [0, 0.05) is 0 Å². The van der Waals surface area contributed by atoms with Crippen molar-refractivity contribution in [3.05, 3.63) is 23.4 Å². The van der Waals surface area contributed by atoms with Gasteiger partial charge in [-0.15, -0.1) is 0 Å². The lowest BCUT2D eigenvalue weighted by Gasteiger charge is -2.02. The first-order chi connectivity index (χ1) is 4.63. The van der Waals surface area contributed by atoms with Crippen molar-refractivity contribution in [2.45, 2.75) is 13.8 Å². The summed E-state index contributed by atoms with van der Waals surface area (Å²) in [6, 6.07) is 0. The van der Waals surface area contributed by atoms with Gasteiger partial charge >= 0.3 is 0 Å². The smallest absolute Gasteiger partial charge is 0.283 e. The lowest BCUT2D eigenvalue weighted by molar-refractivity contribution is 0.129. The minimum atomic E-state index is -0.254. The highest BCUT2D eigenvalue weighted by Crippen LogP contribution is 2.09. The van der Waals surface area contributed by atoms with Crippen LogP contribution in [-0.2, 0) is 4.74 Å². The fraction of sp³-hybridized carbons (Fsp3) is 0.429. The fourth-order valence-corrected chi connectivity index (χ4v) is 0.479. The van der Waals surface area contributed by atoms with Crippen molar-refractivity contribution >= 4 is 0 Å². The Morgan fingerprint density at radius 1 is 1.40 bits per heavy atom. The van der Waals surface area contributed by atoms with Gasteiger partial charge in [-0.25, -0.2) is 0 Å². The van der Waals surface area contributed by atoms with Gasteiger partial charge in [-0.3, -0.25) is 0 Å². The Labute approximate surface area is 60.3 Å². The topological polar surface area (TPSA) is 49.7 Å². The SMILES string of the molecule is C/C=C(O)\C(C)=C(\O)OC. The molecule has 3 nitrogen and oxygen atoms in total. The lowest BCUT2D eigenvalue weighted by atomic mass is 10.2. The van der Waals surface area contributed by atoms with Crippen molar-refractivity contribution < 1.29 is 14.9 Å². The first-order valence-electron chi connectivity index (χ1n) is 2.93. The molecule has 10 heavy (non-hydrogen) atoms. The van der Waals surface area contributed by atoms with Crippen molar-refractivity contribution in [2.24, 2.45) is 0 Å². The molecule has 0 amide bonds. The largest absolute Gasteiger partial charge is 0.508 e. The molecular formula is C7H12O3. The summed E-state index contributed by atoms with van der Waals surface area (Å²) < 4.78 is 4.47. The molecule has 0 aromatic heterocycles. The van der Waals surface area contributed by atoms with Crippen LogP contribution in [0.5, 0.6) is 0 Å².